The minimum absolute atomic E-state index is 0.178. The molecule has 0 spiro atoms. The van der Waals surface area contributed by atoms with E-state index in [4.69, 9.17) is 0 Å². The van der Waals surface area contributed by atoms with Gasteiger partial charge in [0.25, 0.3) is 5.91 Å². The Morgan fingerprint density at radius 1 is 1.06 bits per heavy atom. The van der Waals surface area contributed by atoms with Crippen molar-refractivity contribution in [2.75, 3.05) is 32.5 Å². The predicted molar refractivity (Wildman–Crippen MR) is 115 cm³/mol. The minimum Gasteiger partial charge on any atom is -0.406 e. The van der Waals surface area contributed by atoms with Crippen LogP contribution in [-0.2, 0) is 0 Å². The molecule has 0 bridgehead atoms. The molecule has 0 aliphatic heterocycles. The van der Waals surface area contributed by atoms with E-state index >= 15 is 0 Å². The lowest BCUT2D eigenvalue weighted by atomic mass is 10.1. The van der Waals surface area contributed by atoms with E-state index in [0.29, 0.717) is 29.3 Å². The molecule has 0 saturated heterocycles. The van der Waals surface area contributed by atoms with Crippen LogP contribution in [0.4, 0.5) is 24.7 Å². The first-order valence-corrected chi connectivity index (χ1v) is 9.68. The van der Waals surface area contributed by atoms with E-state index in [1.807, 2.05) is 25.1 Å². The van der Waals surface area contributed by atoms with Crippen LogP contribution in [0, 0.1) is 0 Å². The van der Waals surface area contributed by atoms with Gasteiger partial charge in [-0.05, 0) is 50.5 Å². The molecule has 10 heteroatoms. The number of aromatic nitrogens is 2. The number of carbonyl (C=O) groups excluding carboxylic acids is 1. The molecule has 0 radical (unpaired) electrons. The Morgan fingerprint density at radius 2 is 1.81 bits per heavy atom. The van der Waals surface area contributed by atoms with Crippen LogP contribution in [0.5, 0.6) is 5.75 Å². The average Bonchev–Trinajstić information content (AvgIpc) is 2.74. The normalized spacial score (nSPS) is 11.3. The number of rotatable bonds is 8. The highest BCUT2D eigenvalue weighted by Crippen LogP contribution is 2.26. The minimum atomic E-state index is -4.74. The summed E-state index contributed by atoms with van der Waals surface area (Å²) < 4.78 is 40.7. The van der Waals surface area contributed by atoms with Crippen LogP contribution in [0.2, 0.25) is 0 Å². The number of carbonyl (C=O) groups is 1. The molecule has 0 aliphatic rings. The zero-order valence-corrected chi connectivity index (χ0v) is 17.5. The van der Waals surface area contributed by atoms with E-state index in [-0.39, 0.29) is 11.7 Å². The van der Waals surface area contributed by atoms with Gasteiger partial charge in [0, 0.05) is 36.0 Å². The number of alkyl halides is 3. The Balaban J connectivity index is 1.70. The summed E-state index contributed by atoms with van der Waals surface area (Å²) in [6.07, 6.45) is -3.38. The van der Waals surface area contributed by atoms with E-state index in [1.54, 1.807) is 24.3 Å². The number of nitrogens with zero attached hydrogens (tertiary/aromatic N) is 3. The van der Waals surface area contributed by atoms with Crippen LogP contribution in [-0.4, -0.2) is 54.3 Å². The third-order valence-corrected chi connectivity index (χ3v) is 4.29. The van der Waals surface area contributed by atoms with E-state index in [0.717, 1.165) is 12.1 Å². The van der Waals surface area contributed by atoms with Crippen molar-refractivity contribution in [1.29, 1.82) is 0 Å². The average molecular weight is 445 g/mol. The molecule has 3 aromatic rings. The van der Waals surface area contributed by atoms with Crippen LogP contribution in [0.15, 0.2) is 60.9 Å². The Bertz CT molecular complexity index is 1060. The second-order valence-electron chi connectivity index (χ2n) is 7.13. The number of ether oxygens (including phenoxy) is 1. The lowest BCUT2D eigenvalue weighted by Crippen LogP contribution is -2.31. The van der Waals surface area contributed by atoms with Crippen LogP contribution in [0.3, 0.4) is 0 Å². The van der Waals surface area contributed by atoms with E-state index < -0.39 is 6.36 Å². The van der Waals surface area contributed by atoms with Gasteiger partial charge in [-0.2, -0.15) is 0 Å². The first-order valence-electron chi connectivity index (χ1n) is 9.68. The lowest BCUT2D eigenvalue weighted by Gasteiger charge is -2.11. The fourth-order valence-electron chi connectivity index (χ4n) is 2.79. The van der Waals surface area contributed by atoms with E-state index in [9.17, 15) is 18.0 Å². The maximum atomic E-state index is 12.4. The molecule has 2 aromatic carbocycles. The third kappa shape index (κ3) is 6.95. The van der Waals surface area contributed by atoms with Crippen molar-refractivity contribution in [2.24, 2.45) is 0 Å². The Labute approximate surface area is 183 Å². The highest BCUT2D eigenvalue weighted by atomic mass is 19.4. The first-order chi connectivity index (χ1) is 15.2. The molecule has 2 N–H and O–H groups in total. The van der Waals surface area contributed by atoms with Crippen molar-refractivity contribution in [3.63, 3.8) is 0 Å². The number of likely N-dealkylation sites (N-methyl/N-ethyl adjacent to an activating group) is 1. The molecule has 7 nitrogen and oxygen atoms in total. The molecule has 0 fully saturated rings. The molecule has 0 unspecified atom stereocenters. The number of benzene rings is 2. The molecule has 1 amide bonds. The molecule has 1 heterocycles. The summed E-state index contributed by atoms with van der Waals surface area (Å²) in [4.78, 5) is 22.7. The summed E-state index contributed by atoms with van der Waals surface area (Å²) in [5.41, 5.74) is 2.35. The van der Waals surface area contributed by atoms with Crippen molar-refractivity contribution in [1.82, 2.24) is 20.2 Å². The van der Waals surface area contributed by atoms with Crippen molar-refractivity contribution in [3.05, 3.63) is 66.5 Å². The van der Waals surface area contributed by atoms with E-state index in [1.165, 1.54) is 30.6 Å². The maximum absolute atomic E-state index is 12.4. The fraction of sp³-hybridized carbons (Fsp3) is 0.227. The molecule has 0 saturated carbocycles. The summed E-state index contributed by atoms with van der Waals surface area (Å²) in [5, 5.41) is 5.87. The van der Waals surface area contributed by atoms with Gasteiger partial charge in [-0.1, -0.05) is 12.1 Å². The molecule has 3 rings (SSSR count). The summed E-state index contributed by atoms with van der Waals surface area (Å²) in [6, 6.07) is 14.0. The molecule has 168 valence electrons. The van der Waals surface area contributed by atoms with E-state index in [2.05, 4.69) is 25.3 Å². The number of anilines is 2. The Kier molecular flexibility index (Phi) is 7.26. The van der Waals surface area contributed by atoms with Crippen molar-refractivity contribution >= 4 is 17.4 Å². The highest BCUT2D eigenvalue weighted by Gasteiger charge is 2.30. The predicted octanol–water partition coefficient (Wildman–Crippen LogP) is 4.08. The molecule has 0 atom stereocenters. The second kappa shape index (κ2) is 10.1. The summed E-state index contributed by atoms with van der Waals surface area (Å²) >= 11 is 0. The zero-order valence-electron chi connectivity index (χ0n) is 17.5. The topological polar surface area (TPSA) is 79.4 Å². The first kappa shape index (κ1) is 23.0. The number of amides is 1. The zero-order chi connectivity index (χ0) is 23.1. The van der Waals surface area contributed by atoms with Crippen LogP contribution in [0.25, 0.3) is 11.3 Å². The summed E-state index contributed by atoms with van der Waals surface area (Å²) in [6.45, 7) is 1.26. The fourth-order valence-corrected chi connectivity index (χ4v) is 2.79. The molecule has 1 aromatic heterocycles. The van der Waals surface area contributed by atoms with Crippen molar-refractivity contribution in [3.8, 4) is 17.0 Å². The van der Waals surface area contributed by atoms with Gasteiger partial charge in [0.1, 0.15) is 17.9 Å². The quantitative estimate of drug-likeness (QED) is 0.544. The van der Waals surface area contributed by atoms with Crippen molar-refractivity contribution in [2.45, 2.75) is 6.36 Å². The van der Waals surface area contributed by atoms with Crippen LogP contribution < -0.4 is 15.4 Å². The maximum Gasteiger partial charge on any atom is 0.573 e. The number of halogens is 3. The molecule has 0 aliphatic carbocycles. The summed E-state index contributed by atoms with van der Waals surface area (Å²) in [7, 11) is 3.86. The van der Waals surface area contributed by atoms with Gasteiger partial charge < -0.3 is 20.3 Å². The smallest absolute Gasteiger partial charge is 0.406 e. The van der Waals surface area contributed by atoms with Crippen molar-refractivity contribution < 1.29 is 22.7 Å². The molecular weight excluding hydrogens is 423 g/mol. The van der Waals surface area contributed by atoms with Crippen LogP contribution in [0.1, 0.15) is 10.4 Å². The lowest BCUT2D eigenvalue weighted by molar-refractivity contribution is -0.274. The Hall–Kier alpha value is -3.66. The van der Waals surface area contributed by atoms with Gasteiger partial charge in [0.2, 0.25) is 0 Å². The van der Waals surface area contributed by atoms with Gasteiger partial charge in [-0.15, -0.1) is 13.2 Å². The third-order valence-electron chi connectivity index (χ3n) is 4.29. The SMILES string of the molecule is CN(C)CCNC(=O)c1cccc(-c2cc(Nc3ccc(OC(F)(F)F)cc3)ncn2)c1. The van der Waals surface area contributed by atoms with Gasteiger partial charge >= 0.3 is 6.36 Å². The van der Waals surface area contributed by atoms with Gasteiger partial charge in [0.15, 0.2) is 0 Å². The standard InChI is InChI=1S/C22H22F3N5O2/c1-30(2)11-10-26-21(31)16-5-3-4-15(12-16)19-13-20(28-14-27-19)29-17-6-8-18(9-7-17)32-22(23,24)25/h3-9,12-14H,10-11H2,1-2H3,(H,26,31)(H,27,28,29). The number of hydrogen-bond donors (Lipinski definition) is 2. The van der Waals surface area contributed by atoms with Gasteiger partial charge in [-0.25, -0.2) is 9.97 Å². The van der Waals surface area contributed by atoms with Crippen LogP contribution >= 0.6 is 0 Å². The largest absolute Gasteiger partial charge is 0.573 e. The van der Waals surface area contributed by atoms with Gasteiger partial charge in [0.05, 0.1) is 5.69 Å². The number of hydrogen-bond acceptors (Lipinski definition) is 6. The van der Waals surface area contributed by atoms with Gasteiger partial charge in [-0.3, -0.25) is 4.79 Å². The number of nitrogens with one attached hydrogen (secondary N) is 2. The summed E-state index contributed by atoms with van der Waals surface area (Å²) in [5.74, 6) is -0.0466. The second-order valence-corrected chi connectivity index (χ2v) is 7.13. The molecular formula is C22H22F3N5O2. The Morgan fingerprint density at radius 3 is 2.50 bits per heavy atom. The monoisotopic (exact) mass is 445 g/mol. The highest BCUT2D eigenvalue weighted by molar-refractivity contribution is 5.95. The molecule has 32 heavy (non-hydrogen) atoms.